The van der Waals surface area contributed by atoms with Crippen LogP contribution in [0.1, 0.15) is 18.4 Å². The Morgan fingerprint density at radius 2 is 1.71 bits per heavy atom. The second-order valence-electron chi connectivity index (χ2n) is 8.10. The van der Waals surface area contributed by atoms with Gasteiger partial charge in [-0.15, -0.1) is 0 Å². The van der Waals surface area contributed by atoms with Gasteiger partial charge in [0, 0.05) is 10.0 Å². The molecule has 2 unspecified atom stereocenters. The highest BCUT2D eigenvalue weighted by molar-refractivity contribution is 7.89. The lowest BCUT2D eigenvalue weighted by Crippen LogP contribution is -2.60. The van der Waals surface area contributed by atoms with Crippen molar-refractivity contribution < 1.29 is 18.3 Å². The molecule has 1 saturated carbocycles. The maximum absolute atomic E-state index is 13.7. The van der Waals surface area contributed by atoms with Crippen LogP contribution >= 0.6 is 23.2 Å². The first-order valence-electron chi connectivity index (χ1n) is 10.4. The van der Waals surface area contributed by atoms with Crippen molar-refractivity contribution in [3.05, 3.63) is 88.4 Å². The van der Waals surface area contributed by atoms with Gasteiger partial charge in [0.15, 0.2) is 0 Å². The molecule has 0 aliphatic heterocycles. The zero-order valence-electron chi connectivity index (χ0n) is 17.9. The smallest absolute Gasteiger partial charge is 0.318 e. The third-order valence-electron chi connectivity index (χ3n) is 6.16. The Hall–Kier alpha value is -2.89. The molecule has 0 heterocycles. The molecule has 9 heteroatoms. The summed E-state index contributed by atoms with van der Waals surface area (Å²) >= 11 is 12.3. The molecule has 0 saturated heterocycles. The van der Waals surface area contributed by atoms with E-state index in [-0.39, 0.29) is 4.90 Å². The van der Waals surface area contributed by atoms with Gasteiger partial charge in [-0.25, -0.2) is 8.42 Å². The van der Waals surface area contributed by atoms with Crippen LogP contribution in [-0.2, 0) is 20.4 Å². The third-order valence-corrected chi connectivity index (χ3v) is 8.50. The molecule has 34 heavy (non-hydrogen) atoms. The van der Waals surface area contributed by atoms with Crippen molar-refractivity contribution in [2.24, 2.45) is 5.92 Å². The van der Waals surface area contributed by atoms with E-state index in [9.17, 15) is 23.6 Å². The average molecular weight is 515 g/mol. The summed E-state index contributed by atoms with van der Waals surface area (Å²) in [4.78, 5) is 11.8. The number of nitrogens with zero attached hydrogens (tertiary/aromatic N) is 2. The number of hydrogen-bond donors (Lipinski definition) is 1. The molecule has 4 rings (SSSR count). The van der Waals surface area contributed by atoms with Crippen molar-refractivity contribution in [3.8, 4) is 17.2 Å². The first kappa shape index (κ1) is 24.2. The van der Waals surface area contributed by atoms with Crippen molar-refractivity contribution in [1.82, 2.24) is 4.31 Å². The summed E-state index contributed by atoms with van der Waals surface area (Å²) in [5.41, 5.74) is 0.648. The van der Waals surface area contributed by atoms with Gasteiger partial charge in [0.2, 0.25) is 10.0 Å². The Balaban J connectivity index is 1.91. The molecule has 2 atom stereocenters. The fourth-order valence-electron chi connectivity index (χ4n) is 4.49. The van der Waals surface area contributed by atoms with Crippen LogP contribution in [0.3, 0.4) is 0 Å². The number of rotatable bonds is 7. The van der Waals surface area contributed by atoms with Crippen LogP contribution in [0, 0.1) is 17.2 Å². The van der Waals surface area contributed by atoms with E-state index in [2.05, 4.69) is 6.07 Å². The normalized spacial score (nSPS) is 19.9. The number of carboxylic acids is 1. The average Bonchev–Trinajstić information content (AvgIpc) is 2.78. The zero-order valence-corrected chi connectivity index (χ0v) is 20.2. The summed E-state index contributed by atoms with van der Waals surface area (Å²) in [6, 6.07) is 22.0. The van der Waals surface area contributed by atoms with E-state index in [0.717, 1.165) is 15.4 Å². The summed E-state index contributed by atoms with van der Waals surface area (Å²) in [6.07, 6.45) is 0.758. The highest BCUT2D eigenvalue weighted by Crippen LogP contribution is 2.53. The Bertz CT molecular complexity index is 1370. The molecule has 174 valence electrons. The molecule has 1 N–H and O–H groups in total. The van der Waals surface area contributed by atoms with E-state index in [4.69, 9.17) is 23.2 Å². The van der Waals surface area contributed by atoms with Gasteiger partial charge in [-0.2, -0.15) is 9.57 Å². The predicted octanol–water partition coefficient (Wildman–Crippen LogP) is 5.56. The summed E-state index contributed by atoms with van der Waals surface area (Å²) in [7, 11) is -4.24. The van der Waals surface area contributed by atoms with E-state index in [0.29, 0.717) is 28.5 Å². The molecular formula is C25H20Cl2N2O4S. The Kier molecular flexibility index (Phi) is 6.70. The molecule has 6 nitrogen and oxygen atoms in total. The lowest BCUT2D eigenvalue weighted by atomic mass is 9.63. The van der Waals surface area contributed by atoms with Crippen LogP contribution in [0.5, 0.6) is 0 Å². The van der Waals surface area contributed by atoms with Crippen molar-refractivity contribution in [2.45, 2.75) is 23.3 Å². The molecule has 1 aliphatic rings. The monoisotopic (exact) mass is 514 g/mol. The molecule has 0 amide bonds. The number of carboxylic acid groups (broad SMARTS) is 1. The molecule has 0 spiro atoms. The van der Waals surface area contributed by atoms with Gasteiger partial charge >= 0.3 is 5.97 Å². The van der Waals surface area contributed by atoms with Crippen LogP contribution < -0.4 is 0 Å². The van der Waals surface area contributed by atoms with Crippen molar-refractivity contribution in [3.63, 3.8) is 0 Å². The standard InChI is InChI=1S/C25H20Cl2N2O4S/c26-21-12-18(13-22(27)14-21)17-5-4-6-19(11-17)25(10-9-20(25)15-28)29(16-24(30)31)34(32,33)23-7-2-1-3-8-23/h1-8,11-14,20H,9-10,16H2,(H,30,31). The maximum atomic E-state index is 13.7. The van der Waals surface area contributed by atoms with Crippen molar-refractivity contribution in [1.29, 1.82) is 5.26 Å². The van der Waals surface area contributed by atoms with Crippen LogP contribution in [-0.4, -0.2) is 30.3 Å². The lowest BCUT2D eigenvalue weighted by Gasteiger charge is -2.52. The summed E-state index contributed by atoms with van der Waals surface area (Å²) in [5.74, 6) is -2.02. The summed E-state index contributed by atoms with van der Waals surface area (Å²) in [6.45, 7) is -0.775. The molecule has 0 bridgehead atoms. The molecule has 3 aromatic carbocycles. The second kappa shape index (κ2) is 9.40. The minimum absolute atomic E-state index is 0.0306. The largest absolute Gasteiger partial charge is 0.480 e. The topological polar surface area (TPSA) is 98.5 Å². The van der Waals surface area contributed by atoms with Crippen LogP contribution in [0.2, 0.25) is 10.0 Å². The first-order chi connectivity index (χ1) is 16.2. The van der Waals surface area contributed by atoms with Crippen LogP contribution in [0.25, 0.3) is 11.1 Å². The minimum Gasteiger partial charge on any atom is -0.480 e. The number of carbonyl (C=O) groups is 1. The second-order valence-corrected chi connectivity index (χ2v) is 10.8. The van der Waals surface area contributed by atoms with Gasteiger partial charge in [0.25, 0.3) is 0 Å². The minimum atomic E-state index is -4.24. The molecule has 1 aliphatic carbocycles. The summed E-state index contributed by atoms with van der Waals surface area (Å²) in [5, 5.41) is 20.5. The highest BCUT2D eigenvalue weighted by atomic mass is 35.5. The van der Waals surface area contributed by atoms with Gasteiger partial charge in [-0.1, -0.05) is 59.6 Å². The van der Waals surface area contributed by atoms with E-state index in [1.807, 2.05) is 6.07 Å². The molecule has 0 aromatic heterocycles. The van der Waals surface area contributed by atoms with Gasteiger partial charge < -0.3 is 5.11 Å². The van der Waals surface area contributed by atoms with E-state index < -0.39 is 34.0 Å². The number of aliphatic carboxylic acids is 1. The molecule has 1 fully saturated rings. The predicted molar refractivity (Wildman–Crippen MR) is 130 cm³/mol. The quantitative estimate of drug-likeness (QED) is 0.444. The Morgan fingerprint density at radius 1 is 1.03 bits per heavy atom. The van der Waals surface area contributed by atoms with Gasteiger partial charge in [0.1, 0.15) is 6.54 Å². The van der Waals surface area contributed by atoms with E-state index in [1.165, 1.54) is 12.1 Å². The summed E-state index contributed by atoms with van der Waals surface area (Å²) < 4.78 is 28.4. The van der Waals surface area contributed by atoms with Crippen LogP contribution in [0.4, 0.5) is 0 Å². The van der Waals surface area contributed by atoms with Crippen molar-refractivity contribution >= 4 is 39.2 Å². The van der Waals surface area contributed by atoms with E-state index in [1.54, 1.807) is 54.6 Å². The number of sulfonamides is 1. The SMILES string of the molecule is N#CC1CCC1(c1cccc(-c2cc(Cl)cc(Cl)c2)c1)N(CC(=O)O)S(=O)(=O)c1ccccc1. The lowest BCUT2D eigenvalue weighted by molar-refractivity contribution is -0.139. The van der Waals surface area contributed by atoms with Gasteiger partial charge in [-0.05, 0) is 65.9 Å². The van der Waals surface area contributed by atoms with Gasteiger partial charge in [0.05, 0.1) is 22.4 Å². The highest BCUT2D eigenvalue weighted by Gasteiger charge is 2.57. The Morgan fingerprint density at radius 3 is 2.26 bits per heavy atom. The number of halogens is 2. The third kappa shape index (κ3) is 4.30. The molecular weight excluding hydrogens is 495 g/mol. The number of nitriles is 1. The zero-order chi connectivity index (χ0) is 24.5. The Labute approximate surface area is 208 Å². The maximum Gasteiger partial charge on any atom is 0.318 e. The van der Waals surface area contributed by atoms with Gasteiger partial charge in [-0.3, -0.25) is 4.79 Å². The molecule has 3 aromatic rings. The fourth-order valence-corrected chi connectivity index (χ4v) is 6.81. The van der Waals surface area contributed by atoms with E-state index >= 15 is 0 Å². The fraction of sp³-hybridized carbons (Fsp3) is 0.200. The van der Waals surface area contributed by atoms with Crippen LogP contribution in [0.15, 0.2) is 77.7 Å². The number of benzene rings is 3. The first-order valence-corrected chi connectivity index (χ1v) is 12.6. The molecule has 0 radical (unpaired) electrons. The van der Waals surface area contributed by atoms with Crippen molar-refractivity contribution in [2.75, 3.05) is 6.54 Å². The number of hydrogen-bond acceptors (Lipinski definition) is 4.